The van der Waals surface area contributed by atoms with Crippen molar-refractivity contribution in [1.29, 1.82) is 0 Å². The van der Waals surface area contributed by atoms with Gasteiger partial charge in [0.25, 0.3) is 5.91 Å². The summed E-state index contributed by atoms with van der Waals surface area (Å²) in [5, 5.41) is 7.06. The van der Waals surface area contributed by atoms with E-state index in [4.69, 9.17) is 11.6 Å². The zero-order valence-electron chi connectivity index (χ0n) is 10.6. The fraction of sp³-hybridized carbons (Fsp3) is 0.462. The maximum Gasteiger partial charge on any atom is 0.252 e. The van der Waals surface area contributed by atoms with Gasteiger partial charge in [0.05, 0.1) is 5.56 Å². The van der Waals surface area contributed by atoms with E-state index < -0.39 is 0 Å². The Morgan fingerprint density at radius 2 is 2.26 bits per heavy atom. The predicted octanol–water partition coefficient (Wildman–Crippen LogP) is 3.39. The third-order valence-corrected chi connectivity index (χ3v) is 4.03. The highest BCUT2D eigenvalue weighted by Gasteiger charge is 2.21. The normalized spacial score (nSPS) is 22.5. The standard InChI is InChI=1S/C13H16BrClN2O.ClH/c1-8-6-10(4-5-16-8)17-13(18)11-3-2-9(15)7-12(11)14;/h2-3,7-8,10,16H,4-6H2,1H3,(H,17,18);1H. The fourth-order valence-corrected chi connectivity index (χ4v) is 3.06. The van der Waals surface area contributed by atoms with Crippen LogP contribution in [0.25, 0.3) is 0 Å². The van der Waals surface area contributed by atoms with Crippen LogP contribution in [0.5, 0.6) is 0 Å². The van der Waals surface area contributed by atoms with Crippen LogP contribution in [0.4, 0.5) is 0 Å². The number of hydrogen-bond acceptors (Lipinski definition) is 2. The van der Waals surface area contributed by atoms with E-state index in [-0.39, 0.29) is 24.4 Å². The summed E-state index contributed by atoms with van der Waals surface area (Å²) in [5.74, 6) is -0.0439. The molecule has 2 N–H and O–H groups in total. The second-order valence-electron chi connectivity index (χ2n) is 4.67. The molecule has 0 saturated carbocycles. The lowest BCUT2D eigenvalue weighted by Gasteiger charge is -2.28. The van der Waals surface area contributed by atoms with Gasteiger partial charge < -0.3 is 10.6 Å². The van der Waals surface area contributed by atoms with Gasteiger partial charge in [0.2, 0.25) is 0 Å². The summed E-state index contributed by atoms with van der Waals surface area (Å²) in [6.07, 6.45) is 1.94. The second-order valence-corrected chi connectivity index (χ2v) is 5.96. The van der Waals surface area contributed by atoms with Gasteiger partial charge in [-0.25, -0.2) is 0 Å². The van der Waals surface area contributed by atoms with Gasteiger partial charge in [0.15, 0.2) is 0 Å². The molecule has 1 aromatic carbocycles. The van der Waals surface area contributed by atoms with Gasteiger partial charge in [-0.3, -0.25) is 4.79 Å². The Kier molecular flexibility index (Phi) is 6.60. The van der Waals surface area contributed by atoms with Gasteiger partial charge in [-0.05, 0) is 60.4 Å². The smallest absolute Gasteiger partial charge is 0.252 e. The Hall–Kier alpha value is -0.290. The number of hydrogen-bond donors (Lipinski definition) is 2. The van der Waals surface area contributed by atoms with Crippen molar-refractivity contribution in [3.05, 3.63) is 33.3 Å². The number of piperidine rings is 1. The van der Waals surface area contributed by atoms with E-state index in [1.165, 1.54) is 0 Å². The van der Waals surface area contributed by atoms with Crippen LogP contribution in [0.3, 0.4) is 0 Å². The van der Waals surface area contributed by atoms with Crippen LogP contribution in [0, 0.1) is 0 Å². The molecule has 0 aliphatic carbocycles. The molecule has 1 aliphatic heterocycles. The summed E-state index contributed by atoms with van der Waals surface area (Å²) in [6, 6.07) is 5.91. The SMILES string of the molecule is CC1CC(NC(=O)c2ccc(Cl)cc2Br)CCN1.Cl. The molecule has 1 amide bonds. The number of rotatable bonds is 2. The Bertz CT molecular complexity index is 456. The van der Waals surface area contributed by atoms with Crippen LogP contribution in [-0.2, 0) is 0 Å². The van der Waals surface area contributed by atoms with Crippen molar-refractivity contribution in [3.63, 3.8) is 0 Å². The maximum atomic E-state index is 12.1. The lowest BCUT2D eigenvalue weighted by atomic mass is 10.0. The molecule has 106 valence electrons. The predicted molar refractivity (Wildman–Crippen MR) is 84.4 cm³/mol. The molecule has 2 unspecified atom stereocenters. The van der Waals surface area contributed by atoms with E-state index >= 15 is 0 Å². The Labute approximate surface area is 133 Å². The van der Waals surface area contributed by atoms with Crippen LogP contribution in [0.1, 0.15) is 30.1 Å². The van der Waals surface area contributed by atoms with E-state index in [1.54, 1.807) is 18.2 Å². The number of amides is 1. The van der Waals surface area contributed by atoms with Gasteiger partial charge in [-0.15, -0.1) is 12.4 Å². The minimum Gasteiger partial charge on any atom is -0.349 e. The molecule has 6 heteroatoms. The highest BCUT2D eigenvalue weighted by molar-refractivity contribution is 9.10. The first kappa shape index (κ1) is 16.8. The van der Waals surface area contributed by atoms with Crippen molar-refractivity contribution in [2.24, 2.45) is 0 Å². The zero-order valence-corrected chi connectivity index (χ0v) is 13.7. The number of carbonyl (C=O) groups is 1. The summed E-state index contributed by atoms with van der Waals surface area (Å²) in [5.41, 5.74) is 0.630. The maximum absolute atomic E-state index is 12.1. The van der Waals surface area contributed by atoms with E-state index in [2.05, 4.69) is 33.5 Å². The van der Waals surface area contributed by atoms with Gasteiger partial charge in [-0.2, -0.15) is 0 Å². The molecule has 1 aliphatic rings. The number of nitrogens with one attached hydrogen (secondary N) is 2. The number of benzene rings is 1. The Morgan fingerprint density at radius 1 is 1.53 bits per heavy atom. The van der Waals surface area contributed by atoms with Crippen molar-refractivity contribution >= 4 is 45.8 Å². The minimum absolute atomic E-state index is 0. The van der Waals surface area contributed by atoms with E-state index in [0.29, 0.717) is 16.6 Å². The van der Waals surface area contributed by atoms with Crippen molar-refractivity contribution < 1.29 is 4.79 Å². The molecule has 0 bridgehead atoms. The molecule has 0 aromatic heterocycles. The van der Waals surface area contributed by atoms with E-state index in [1.807, 2.05) is 0 Å². The molecule has 3 nitrogen and oxygen atoms in total. The van der Waals surface area contributed by atoms with Gasteiger partial charge >= 0.3 is 0 Å². The van der Waals surface area contributed by atoms with Crippen LogP contribution < -0.4 is 10.6 Å². The molecular formula is C13H17BrCl2N2O. The monoisotopic (exact) mass is 366 g/mol. The van der Waals surface area contributed by atoms with Gasteiger partial charge in [0.1, 0.15) is 0 Å². The molecule has 19 heavy (non-hydrogen) atoms. The summed E-state index contributed by atoms with van der Waals surface area (Å²) in [7, 11) is 0. The van der Waals surface area contributed by atoms with Crippen LogP contribution >= 0.6 is 39.9 Å². The minimum atomic E-state index is -0.0439. The average Bonchev–Trinajstić information content (AvgIpc) is 2.28. The third kappa shape index (κ3) is 4.63. The lowest BCUT2D eigenvalue weighted by Crippen LogP contribution is -2.46. The van der Waals surface area contributed by atoms with Crippen molar-refractivity contribution in [3.8, 4) is 0 Å². The summed E-state index contributed by atoms with van der Waals surface area (Å²) < 4.78 is 0.731. The lowest BCUT2D eigenvalue weighted by molar-refractivity contribution is 0.0925. The fourth-order valence-electron chi connectivity index (χ4n) is 2.20. The topological polar surface area (TPSA) is 41.1 Å². The Balaban J connectivity index is 0.00000180. The quantitative estimate of drug-likeness (QED) is 0.841. The van der Waals surface area contributed by atoms with Crippen molar-refractivity contribution in [1.82, 2.24) is 10.6 Å². The van der Waals surface area contributed by atoms with Crippen molar-refractivity contribution in [2.75, 3.05) is 6.54 Å². The summed E-state index contributed by atoms with van der Waals surface area (Å²) in [6.45, 7) is 3.09. The summed E-state index contributed by atoms with van der Waals surface area (Å²) in [4.78, 5) is 12.1. The number of halogens is 3. The van der Waals surface area contributed by atoms with Gasteiger partial charge in [0, 0.05) is 21.6 Å². The Morgan fingerprint density at radius 3 is 2.89 bits per heavy atom. The molecule has 0 spiro atoms. The molecule has 1 saturated heterocycles. The highest BCUT2D eigenvalue weighted by atomic mass is 79.9. The molecule has 1 aromatic rings. The van der Waals surface area contributed by atoms with E-state index in [9.17, 15) is 4.79 Å². The molecule has 1 fully saturated rings. The first-order valence-corrected chi connectivity index (χ1v) is 7.22. The first-order chi connectivity index (χ1) is 8.56. The van der Waals surface area contributed by atoms with E-state index in [0.717, 1.165) is 23.9 Å². The molecule has 2 atom stereocenters. The summed E-state index contributed by atoms with van der Waals surface area (Å²) >= 11 is 9.23. The van der Waals surface area contributed by atoms with Gasteiger partial charge in [-0.1, -0.05) is 11.6 Å². The third-order valence-electron chi connectivity index (χ3n) is 3.13. The molecule has 2 rings (SSSR count). The largest absolute Gasteiger partial charge is 0.349 e. The molecule has 1 heterocycles. The molecule has 0 radical (unpaired) electrons. The first-order valence-electron chi connectivity index (χ1n) is 6.05. The van der Waals surface area contributed by atoms with Crippen LogP contribution in [0.2, 0.25) is 5.02 Å². The van der Waals surface area contributed by atoms with Crippen LogP contribution in [0.15, 0.2) is 22.7 Å². The molecular weight excluding hydrogens is 351 g/mol. The van der Waals surface area contributed by atoms with Crippen LogP contribution in [-0.4, -0.2) is 24.5 Å². The zero-order chi connectivity index (χ0) is 13.1. The average molecular weight is 368 g/mol. The second kappa shape index (κ2) is 7.48. The highest BCUT2D eigenvalue weighted by Crippen LogP contribution is 2.22. The van der Waals surface area contributed by atoms with Crippen molar-refractivity contribution in [2.45, 2.75) is 31.8 Å². The number of carbonyl (C=O) groups excluding carboxylic acids is 1.